The molecule has 1 aliphatic carbocycles. The Labute approximate surface area is 95.0 Å². The molecule has 0 spiro atoms. The van der Waals surface area contributed by atoms with Crippen LogP contribution in [0.4, 0.5) is 0 Å². The molecule has 1 saturated carbocycles. The average molecular weight is 220 g/mol. The smallest absolute Gasteiger partial charge is 0.311 e. The molecule has 0 radical (unpaired) electrons. The maximum Gasteiger partial charge on any atom is 0.311 e. The van der Waals surface area contributed by atoms with Crippen molar-refractivity contribution < 1.29 is 14.6 Å². The Morgan fingerprint density at radius 3 is 2.69 bits per heavy atom. The van der Waals surface area contributed by atoms with E-state index in [-0.39, 0.29) is 11.4 Å². The van der Waals surface area contributed by atoms with Crippen molar-refractivity contribution >= 4 is 5.97 Å². The molecule has 3 heteroatoms. The third-order valence-corrected chi connectivity index (χ3v) is 3.34. The number of aromatic hydroxyl groups is 1. The molecule has 1 fully saturated rings. The zero-order valence-corrected chi connectivity index (χ0v) is 9.40. The van der Waals surface area contributed by atoms with E-state index in [1.165, 1.54) is 7.11 Å². The molecule has 16 heavy (non-hydrogen) atoms. The molecule has 0 aliphatic heterocycles. The number of carbonyl (C=O) groups is 1. The fourth-order valence-electron chi connectivity index (χ4n) is 2.02. The van der Waals surface area contributed by atoms with Crippen molar-refractivity contribution in [3.05, 3.63) is 29.8 Å². The Kier molecular flexibility index (Phi) is 2.86. The fourth-order valence-corrected chi connectivity index (χ4v) is 2.02. The van der Waals surface area contributed by atoms with Crippen LogP contribution in [0.25, 0.3) is 0 Å². The van der Waals surface area contributed by atoms with E-state index in [0.717, 1.165) is 31.2 Å². The van der Waals surface area contributed by atoms with Gasteiger partial charge in [0.15, 0.2) is 0 Å². The van der Waals surface area contributed by atoms with Gasteiger partial charge in [-0.3, -0.25) is 4.79 Å². The highest BCUT2D eigenvalue weighted by atomic mass is 16.5. The molecule has 1 N–H and O–H groups in total. The molecular formula is C13H16O3. The predicted molar refractivity (Wildman–Crippen MR) is 60.1 cm³/mol. The Morgan fingerprint density at radius 1 is 1.44 bits per heavy atom. The van der Waals surface area contributed by atoms with Crippen molar-refractivity contribution in [3.8, 4) is 5.75 Å². The number of phenolic OH excluding ortho intramolecular Hbond substituents is 1. The van der Waals surface area contributed by atoms with Crippen LogP contribution in [-0.4, -0.2) is 18.2 Å². The molecule has 0 bridgehead atoms. The summed E-state index contributed by atoms with van der Waals surface area (Å²) in [5.74, 6) is 0.200. The third kappa shape index (κ3) is 2.03. The van der Waals surface area contributed by atoms with E-state index in [0.29, 0.717) is 5.75 Å². The molecule has 1 aromatic rings. The van der Waals surface area contributed by atoms with Gasteiger partial charge in [0.2, 0.25) is 0 Å². The number of hydrogen-bond acceptors (Lipinski definition) is 3. The van der Waals surface area contributed by atoms with Crippen LogP contribution in [0.2, 0.25) is 0 Å². The molecule has 1 aromatic carbocycles. The summed E-state index contributed by atoms with van der Waals surface area (Å²) in [6.45, 7) is 0. The van der Waals surface area contributed by atoms with Crippen LogP contribution in [-0.2, 0) is 16.0 Å². The van der Waals surface area contributed by atoms with E-state index < -0.39 is 0 Å². The van der Waals surface area contributed by atoms with Crippen molar-refractivity contribution in [2.45, 2.75) is 25.7 Å². The van der Waals surface area contributed by atoms with Gasteiger partial charge in [-0.15, -0.1) is 0 Å². The normalized spacial score (nSPS) is 16.8. The fraction of sp³-hybridized carbons (Fsp3) is 0.462. The second-order valence-electron chi connectivity index (χ2n) is 4.40. The van der Waals surface area contributed by atoms with Gasteiger partial charge in [-0.1, -0.05) is 18.2 Å². The minimum atomic E-state index is -0.267. The van der Waals surface area contributed by atoms with E-state index in [2.05, 4.69) is 0 Å². The zero-order chi connectivity index (χ0) is 11.6. The lowest BCUT2D eigenvalue weighted by Crippen LogP contribution is -2.18. The SMILES string of the molecule is COC(=O)C1(CCc2ccccc2O)CC1. The number of carbonyl (C=O) groups excluding carboxylic acids is 1. The van der Waals surface area contributed by atoms with E-state index in [9.17, 15) is 9.90 Å². The van der Waals surface area contributed by atoms with Gasteiger partial charge in [0.05, 0.1) is 12.5 Å². The first-order valence-corrected chi connectivity index (χ1v) is 5.53. The summed E-state index contributed by atoms with van der Waals surface area (Å²) < 4.78 is 4.79. The highest BCUT2D eigenvalue weighted by Crippen LogP contribution is 2.50. The Hall–Kier alpha value is -1.51. The monoisotopic (exact) mass is 220 g/mol. The molecule has 0 amide bonds. The van der Waals surface area contributed by atoms with E-state index >= 15 is 0 Å². The minimum Gasteiger partial charge on any atom is -0.508 e. The maximum atomic E-state index is 11.5. The summed E-state index contributed by atoms with van der Waals surface area (Å²) in [6, 6.07) is 7.26. The second kappa shape index (κ2) is 4.16. The summed E-state index contributed by atoms with van der Waals surface area (Å²) in [5, 5.41) is 9.61. The minimum absolute atomic E-state index is 0.108. The summed E-state index contributed by atoms with van der Waals surface area (Å²) in [4.78, 5) is 11.5. The summed E-state index contributed by atoms with van der Waals surface area (Å²) in [5.41, 5.74) is 0.634. The Morgan fingerprint density at radius 2 is 2.12 bits per heavy atom. The number of aryl methyl sites for hydroxylation is 1. The van der Waals surface area contributed by atoms with Crippen LogP contribution in [0.15, 0.2) is 24.3 Å². The van der Waals surface area contributed by atoms with Crippen molar-refractivity contribution in [2.24, 2.45) is 5.41 Å². The zero-order valence-electron chi connectivity index (χ0n) is 9.40. The largest absolute Gasteiger partial charge is 0.508 e. The van der Waals surface area contributed by atoms with Gasteiger partial charge < -0.3 is 9.84 Å². The first kappa shape index (κ1) is 11.0. The number of phenols is 1. The number of hydrogen-bond donors (Lipinski definition) is 1. The predicted octanol–water partition coefficient (Wildman–Crippen LogP) is 2.28. The van der Waals surface area contributed by atoms with Gasteiger partial charge in [0.25, 0.3) is 0 Å². The maximum absolute atomic E-state index is 11.5. The van der Waals surface area contributed by atoms with Crippen molar-refractivity contribution in [1.82, 2.24) is 0 Å². The van der Waals surface area contributed by atoms with Gasteiger partial charge >= 0.3 is 5.97 Å². The molecule has 0 atom stereocenters. The summed E-state index contributed by atoms with van der Waals surface area (Å²) in [7, 11) is 1.43. The van der Waals surface area contributed by atoms with E-state index in [1.807, 2.05) is 12.1 Å². The van der Waals surface area contributed by atoms with Crippen LogP contribution in [0.1, 0.15) is 24.8 Å². The summed E-state index contributed by atoms with van der Waals surface area (Å²) in [6.07, 6.45) is 3.31. The first-order chi connectivity index (χ1) is 7.68. The van der Waals surface area contributed by atoms with E-state index in [1.54, 1.807) is 12.1 Å². The molecule has 0 heterocycles. The lowest BCUT2D eigenvalue weighted by Gasteiger charge is -2.12. The molecule has 0 unspecified atom stereocenters. The first-order valence-electron chi connectivity index (χ1n) is 5.53. The molecule has 0 aromatic heterocycles. The molecule has 0 saturated heterocycles. The second-order valence-corrected chi connectivity index (χ2v) is 4.40. The molecular weight excluding hydrogens is 204 g/mol. The van der Waals surface area contributed by atoms with E-state index in [4.69, 9.17) is 4.74 Å². The van der Waals surface area contributed by atoms with Crippen LogP contribution in [0.3, 0.4) is 0 Å². The quantitative estimate of drug-likeness (QED) is 0.792. The number of rotatable bonds is 4. The number of methoxy groups -OCH3 is 1. The molecule has 1 aliphatic rings. The highest BCUT2D eigenvalue weighted by Gasteiger charge is 2.50. The van der Waals surface area contributed by atoms with Gasteiger partial charge in [-0.2, -0.15) is 0 Å². The van der Waals surface area contributed by atoms with Crippen LogP contribution >= 0.6 is 0 Å². The summed E-state index contributed by atoms with van der Waals surface area (Å²) >= 11 is 0. The van der Waals surface area contributed by atoms with Gasteiger partial charge in [-0.25, -0.2) is 0 Å². The highest BCUT2D eigenvalue weighted by molar-refractivity contribution is 5.79. The molecule has 3 nitrogen and oxygen atoms in total. The van der Waals surface area contributed by atoms with Crippen LogP contribution in [0.5, 0.6) is 5.75 Å². The molecule has 2 rings (SSSR count). The van der Waals surface area contributed by atoms with Gasteiger partial charge in [0, 0.05) is 0 Å². The Balaban J connectivity index is 1.98. The number of para-hydroxylation sites is 1. The van der Waals surface area contributed by atoms with Crippen LogP contribution in [0, 0.1) is 5.41 Å². The van der Waals surface area contributed by atoms with Gasteiger partial charge in [0.1, 0.15) is 5.75 Å². The van der Waals surface area contributed by atoms with Crippen molar-refractivity contribution in [2.75, 3.05) is 7.11 Å². The lowest BCUT2D eigenvalue weighted by molar-refractivity contribution is -0.147. The number of esters is 1. The topological polar surface area (TPSA) is 46.5 Å². The lowest BCUT2D eigenvalue weighted by atomic mass is 9.96. The third-order valence-electron chi connectivity index (χ3n) is 3.34. The Bertz CT molecular complexity index is 394. The number of ether oxygens (including phenoxy) is 1. The van der Waals surface area contributed by atoms with Crippen LogP contribution < -0.4 is 0 Å². The van der Waals surface area contributed by atoms with Gasteiger partial charge in [-0.05, 0) is 37.3 Å². The average Bonchev–Trinajstić information content (AvgIpc) is 3.08. The molecule has 86 valence electrons. The van der Waals surface area contributed by atoms with Crippen molar-refractivity contribution in [3.63, 3.8) is 0 Å². The van der Waals surface area contributed by atoms with Crippen molar-refractivity contribution in [1.29, 1.82) is 0 Å². The number of benzene rings is 1. The standard InChI is InChI=1S/C13H16O3/c1-16-12(15)13(8-9-13)7-6-10-4-2-3-5-11(10)14/h2-5,14H,6-9H2,1H3.